The Labute approximate surface area is 93.7 Å². The molecule has 0 heterocycles. The van der Waals surface area contributed by atoms with Crippen LogP contribution in [-0.2, 0) is 6.42 Å². The Morgan fingerprint density at radius 3 is 2.50 bits per heavy atom. The van der Waals surface area contributed by atoms with Gasteiger partial charge in [-0.3, -0.25) is 0 Å². The van der Waals surface area contributed by atoms with Crippen molar-refractivity contribution >= 4 is 15.9 Å². The van der Waals surface area contributed by atoms with Gasteiger partial charge in [-0.15, -0.1) is 0 Å². The van der Waals surface area contributed by atoms with Gasteiger partial charge in [0.2, 0.25) is 0 Å². The van der Waals surface area contributed by atoms with Gasteiger partial charge in [0.05, 0.1) is 0 Å². The molecule has 0 N–H and O–H groups in total. The first kappa shape index (κ1) is 11.7. The minimum Gasteiger partial charge on any atom is -0.207 e. The average molecular weight is 259 g/mol. The van der Waals surface area contributed by atoms with Gasteiger partial charge in [0, 0.05) is 5.33 Å². The molecule has 0 unspecified atom stereocenters. The quantitative estimate of drug-likeness (QED) is 0.717. The highest BCUT2D eigenvalue weighted by atomic mass is 79.9. The zero-order valence-corrected chi connectivity index (χ0v) is 10.5. The van der Waals surface area contributed by atoms with E-state index in [0.29, 0.717) is 0 Å². The highest BCUT2D eigenvalue weighted by Crippen LogP contribution is 2.25. The van der Waals surface area contributed by atoms with E-state index in [2.05, 4.69) is 29.8 Å². The largest absolute Gasteiger partial charge is 0.207 e. The first-order chi connectivity index (χ1) is 6.44. The Hall–Kier alpha value is -0.370. The predicted octanol–water partition coefficient (Wildman–Crippen LogP) is 4.10. The molecule has 78 valence electrons. The maximum Gasteiger partial charge on any atom is 0.126 e. The van der Waals surface area contributed by atoms with Gasteiger partial charge in [0.25, 0.3) is 0 Å². The lowest BCUT2D eigenvalue weighted by Crippen LogP contribution is -2.17. The first-order valence-electron chi connectivity index (χ1n) is 4.75. The minimum absolute atomic E-state index is 0.0842. The van der Waals surface area contributed by atoms with Crippen LogP contribution in [0.5, 0.6) is 0 Å². The van der Waals surface area contributed by atoms with Crippen LogP contribution in [0.4, 0.5) is 4.39 Å². The summed E-state index contributed by atoms with van der Waals surface area (Å²) >= 11 is 3.44. The first-order valence-corrected chi connectivity index (χ1v) is 5.88. The molecule has 0 aliphatic carbocycles. The molecular formula is C12H16BrF. The van der Waals surface area contributed by atoms with Crippen LogP contribution >= 0.6 is 15.9 Å². The Morgan fingerprint density at radius 1 is 1.36 bits per heavy atom. The molecule has 0 radical (unpaired) electrons. The topological polar surface area (TPSA) is 0 Å². The van der Waals surface area contributed by atoms with Crippen LogP contribution in [0.25, 0.3) is 0 Å². The molecule has 2 heteroatoms. The van der Waals surface area contributed by atoms with Gasteiger partial charge in [-0.25, -0.2) is 4.39 Å². The van der Waals surface area contributed by atoms with Crippen LogP contribution in [0.2, 0.25) is 0 Å². The van der Waals surface area contributed by atoms with E-state index in [9.17, 15) is 4.39 Å². The van der Waals surface area contributed by atoms with Crippen molar-refractivity contribution in [2.75, 3.05) is 5.33 Å². The van der Waals surface area contributed by atoms with Gasteiger partial charge in [0.15, 0.2) is 0 Å². The van der Waals surface area contributed by atoms with Crippen molar-refractivity contribution in [1.29, 1.82) is 0 Å². The Balaban J connectivity index is 2.87. The zero-order valence-electron chi connectivity index (χ0n) is 8.90. The summed E-state index contributed by atoms with van der Waals surface area (Å²) in [5.41, 5.74) is 1.89. The fourth-order valence-corrected chi connectivity index (χ4v) is 1.56. The van der Waals surface area contributed by atoms with E-state index in [0.717, 1.165) is 22.9 Å². The van der Waals surface area contributed by atoms with E-state index in [1.807, 2.05) is 19.1 Å². The minimum atomic E-state index is -0.0842. The number of alkyl halides is 1. The lowest BCUT2D eigenvalue weighted by molar-refractivity contribution is 0.415. The molecule has 0 aromatic heterocycles. The van der Waals surface area contributed by atoms with E-state index in [1.165, 1.54) is 0 Å². The molecule has 0 amide bonds. The molecular weight excluding hydrogens is 243 g/mol. The zero-order chi connectivity index (χ0) is 10.8. The van der Waals surface area contributed by atoms with Crippen molar-refractivity contribution in [3.05, 3.63) is 35.1 Å². The standard InChI is InChI=1S/C12H16BrF/c1-9-4-5-10(11(14)6-9)7-12(2,3)8-13/h4-6H,7-8H2,1-3H3. The monoisotopic (exact) mass is 258 g/mol. The van der Waals surface area contributed by atoms with Crippen molar-refractivity contribution in [1.82, 2.24) is 0 Å². The van der Waals surface area contributed by atoms with E-state index in [4.69, 9.17) is 0 Å². The van der Waals surface area contributed by atoms with Gasteiger partial charge in [-0.05, 0) is 36.0 Å². The van der Waals surface area contributed by atoms with Gasteiger partial charge in [-0.2, -0.15) is 0 Å². The molecule has 0 bridgehead atoms. The summed E-state index contributed by atoms with van der Waals surface area (Å²) in [5.74, 6) is -0.0842. The van der Waals surface area contributed by atoms with Crippen LogP contribution in [-0.4, -0.2) is 5.33 Å². The molecule has 0 aliphatic heterocycles. The van der Waals surface area contributed by atoms with E-state index >= 15 is 0 Å². The van der Waals surface area contributed by atoms with Crippen molar-refractivity contribution in [2.24, 2.45) is 5.41 Å². The molecule has 1 aromatic rings. The van der Waals surface area contributed by atoms with Crippen LogP contribution in [0, 0.1) is 18.2 Å². The molecule has 0 saturated carbocycles. The normalized spacial score (nSPS) is 11.8. The molecule has 0 aliphatic rings. The van der Waals surface area contributed by atoms with Crippen LogP contribution < -0.4 is 0 Å². The highest BCUT2D eigenvalue weighted by Gasteiger charge is 2.18. The number of benzene rings is 1. The lowest BCUT2D eigenvalue weighted by atomic mass is 9.87. The fraction of sp³-hybridized carbons (Fsp3) is 0.500. The predicted molar refractivity (Wildman–Crippen MR) is 62.4 cm³/mol. The van der Waals surface area contributed by atoms with Crippen LogP contribution in [0.1, 0.15) is 25.0 Å². The second kappa shape index (κ2) is 4.43. The van der Waals surface area contributed by atoms with Crippen LogP contribution in [0.3, 0.4) is 0 Å². The fourth-order valence-electron chi connectivity index (χ4n) is 1.36. The third kappa shape index (κ3) is 3.09. The second-order valence-electron chi connectivity index (χ2n) is 4.57. The lowest BCUT2D eigenvalue weighted by Gasteiger charge is -2.21. The Kier molecular flexibility index (Phi) is 3.71. The Bertz CT molecular complexity index is 318. The number of hydrogen-bond donors (Lipinski definition) is 0. The summed E-state index contributed by atoms with van der Waals surface area (Å²) in [4.78, 5) is 0. The molecule has 0 fully saturated rings. The highest BCUT2D eigenvalue weighted by molar-refractivity contribution is 9.09. The molecule has 0 saturated heterocycles. The number of hydrogen-bond acceptors (Lipinski definition) is 0. The van der Waals surface area contributed by atoms with Crippen molar-refractivity contribution in [3.8, 4) is 0 Å². The van der Waals surface area contributed by atoms with E-state index in [1.54, 1.807) is 6.07 Å². The van der Waals surface area contributed by atoms with E-state index < -0.39 is 0 Å². The van der Waals surface area contributed by atoms with Gasteiger partial charge < -0.3 is 0 Å². The van der Waals surface area contributed by atoms with E-state index in [-0.39, 0.29) is 11.2 Å². The molecule has 1 rings (SSSR count). The summed E-state index contributed by atoms with van der Waals surface area (Å²) < 4.78 is 13.5. The molecule has 1 aromatic carbocycles. The third-order valence-corrected chi connectivity index (χ3v) is 3.76. The second-order valence-corrected chi connectivity index (χ2v) is 5.13. The molecule has 0 spiro atoms. The maximum atomic E-state index is 13.5. The van der Waals surface area contributed by atoms with Gasteiger partial charge in [0.1, 0.15) is 5.82 Å². The summed E-state index contributed by atoms with van der Waals surface area (Å²) in [7, 11) is 0. The van der Waals surface area contributed by atoms with Gasteiger partial charge >= 0.3 is 0 Å². The SMILES string of the molecule is Cc1ccc(CC(C)(C)CBr)c(F)c1. The third-order valence-electron chi connectivity index (χ3n) is 2.24. The maximum absolute atomic E-state index is 13.5. The summed E-state index contributed by atoms with van der Waals surface area (Å²) in [6.07, 6.45) is 0.768. The molecule has 0 nitrogen and oxygen atoms in total. The summed E-state index contributed by atoms with van der Waals surface area (Å²) in [5, 5.41) is 0.882. The molecule has 14 heavy (non-hydrogen) atoms. The average Bonchev–Trinajstić information content (AvgIpc) is 2.10. The summed E-state index contributed by atoms with van der Waals surface area (Å²) in [6.45, 7) is 6.16. The van der Waals surface area contributed by atoms with Crippen LogP contribution in [0.15, 0.2) is 18.2 Å². The Morgan fingerprint density at radius 2 is 2.00 bits per heavy atom. The number of aryl methyl sites for hydroxylation is 1. The van der Waals surface area contributed by atoms with Crippen molar-refractivity contribution in [3.63, 3.8) is 0 Å². The summed E-state index contributed by atoms with van der Waals surface area (Å²) in [6, 6.07) is 5.44. The number of halogens is 2. The smallest absolute Gasteiger partial charge is 0.126 e. The van der Waals surface area contributed by atoms with Gasteiger partial charge in [-0.1, -0.05) is 41.9 Å². The molecule has 0 atom stereocenters. The van der Waals surface area contributed by atoms with Crippen molar-refractivity contribution in [2.45, 2.75) is 27.2 Å². The van der Waals surface area contributed by atoms with Crippen molar-refractivity contribution < 1.29 is 4.39 Å². The number of rotatable bonds is 3.